The Labute approximate surface area is 110 Å². The number of benzene rings is 1. The predicted octanol–water partition coefficient (Wildman–Crippen LogP) is 2.00. The molecule has 0 amide bonds. The lowest BCUT2D eigenvalue weighted by Gasteiger charge is -2.31. The summed E-state index contributed by atoms with van der Waals surface area (Å²) in [6, 6.07) is 8.56. The van der Waals surface area contributed by atoms with Gasteiger partial charge in [-0.15, -0.1) is 0 Å². The highest BCUT2D eigenvalue weighted by Gasteiger charge is 2.24. The van der Waals surface area contributed by atoms with E-state index in [0.717, 1.165) is 31.3 Å². The third kappa shape index (κ3) is 3.24. The van der Waals surface area contributed by atoms with Crippen molar-refractivity contribution in [3.63, 3.8) is 0 Å². The minimum absolute atomic E-state index is 0.614. The van der Waals surface area contributed by atoms with Crippen LogP contribution >= 0.6 is 0 Å². The Morgan fingerprint density at radius 2 is 1.94 bits per heavy atom. The van der Waals surface area contributed by atoms with Crippen LogP contribution in [-0.4, -0.2) is 33.8 Å². The van der Waals surface area contributed by atoms with Crippen LogP contribution in [0.3, 0.4) is 0 Å². The van der Waals surface area contributed by atoms with Gasteiger partial charge in [-0.05, 0) is 62.5 Å². The molecule has 0 aromatic heterocycles. The second kappa shape index (κ2) is 6.76. The molecule has 1 aliphatic rings. The summed E-state index contributed by atoms with van der Waals surface area (Å²) in [7, 11) is 3.75. The van der Waals surface area contributed by atoms with Gasteiger partial charge in [-0.2, -0.15) is 0 Å². The Balaban J connectivity index is 2.11. The highest BCUT2D eigenvalue weighted by atomic mass is 16.5. The topological polar surface area (TPSA) is 33.3 Å². The molecule has 1 aromatic rings. The number of nitrogens with one attached hydrogen (secondary N) is 2. The standard InChI is InChI=1S/C15H24N2O/c1-16-11-15(13-7-9-17-10-8-13)12-3-5-14(18-2)6-4-12/h3-6,13,15-17H,7-11H2,1-2H3. The first-order chi connectivity index (χ1) is 8.85. The molecule has 0 bridgehead atoms. The van der Waals surface area contributed by atoms with Gasteiger partial charge in [0.15, 0.2) is 0 Å². The minimum atomic E-state index is 0.614. The molecule has 1 atom stereocenters. The fraction of sp³-hybridized carbons (Fsp3) is 0.600. The van der Waals surface area contributed by atoms with E-state index in [1.165, 1.54) is 18.4 Å². The van der Waals surface area contributed by atoms with Crippen LogP contribution in [0.1, 0.15) is 24.3 Å². The van der Waals surface area contributed by atoms with Crippen LogP contribution in [-0.2, 0) is 0 Å². The Morgan fingerprint density at radius 3 is 2.50 bits per heavy atom. The molecule has 0 spiro atoms. The Morgan fingerprint density at radius 1 is 1.28 bits per heavy atom. The number of hydrogen-bond donors (Lipinski definition) is 2. The zero-order valence-electron chi connectivity index (χ0n) is 11.4. The molecule has 100 valence electrons. The molecule has 1 saturated heterocycles. The number of methoxy groups -OCH3 is 1. The van der Waals surface area contributed by atoms with Gasteiger partial charge in [0, 0.05) is 6.54 Å². The molecular weight excluding hydrogens is 224 g/mol. The summed E-state index contributed by atoms with van der Waals surface area (Å²) in [5, 5.41) is 6.78. The molecular formula is C15H24N2O. The summed E-state index contributed by atoms with van der Waals surface area (Å²) in [5.74, 6) is 2.34. The lowest BCUT2D eigenvalue weighted by Crippen LogP contribution is -2.34. The van der Waals surface area contributed by atoms with Crippen molar-refractivity contribution in [1.29, 1.82) is 0 Å². The van der Waals surface area contributed by atoms with Crippen molar-refractivity contribution in [3.05, 3.63) is 29.8 Å². The Bertz CT molecular complexity index is 344. The summed E-state index contributed by atoms with van der Waals surface area (Å²) in [6.45, 7) is 3.36. The van der Waals surface area contributed by atoms with Crippen LogP contribution in [0.2, 0.25) is 0 Å². The second-order valence-corrected chi connectivity index (χ2v) is 5.02. The molecule has 3 heteroatoms. The van der Waals surface area contributed by atoms with Gasteiger partial charge in [-0.25, -0.2) is 0 Å². The highest BCUT2D eigenvalue weighted by molar-refractivity contribution is 5.30. The van der Waals surface area contributed by atoms with E-state index < -0.39 is 0 Å². The highest BCUT2D eigenvalue weighted by Crippen LogP contribution is 2.31. The molecule has 0 saturated carbocycles. The lowest BCUT2D eigenvalue weighted by molar-refractivity contribution is 0.313. The van der Waals surface area contributed by atoms with Gasteiger partial charge in [0.05, 0.1) is 7.11 Å². The molecule has 1 heterocycles. The SMILES string of the molecule is CNCC(c1ccc(OC)cc1)C1CCNCC1. The number of rotatable bonds is 5. The van der Waals surface area contributed by atoms with Crippen molar-refractivity contribution in [2.75, 3.05) is 33.8 Å². The monoisotopic (exact) mass is 248 g/mol. The fourth-order valence-corrected chi connectivity index (χ4v) is 2.87. The zero-order valence-corrected chi connectivity index (χ0v) is 11.4. The average Bonchev–Trinajstić information content (AvgIpc) is 2.46. The van der Waals surface area contributed by atoms with Crippen LogP contribution in [0.4, 0.5) is 0 Å². The summed E-state index contributed by atoms with van der Waals surface area (Å²) < 4.78 is 5.23. The number of likely N-dealkylation sites (N-methyl/N-ethyl adjacent to an activating group) is 1. The summed E-state index contributed by atoms with van der Waals surface area (Å²) in [4.78, 5) is 0. The lowest BCUT2D eigenvalue weighted by atomic mass is 9.80. The van der Waals surface area contributed by atoms with E-state index in [1.807, 2.05) is 7.05 Å². The van der Waals surface area contributed by atoms with Gasteiger partial charge >= 0.3 is 0 Å². The normalized spacial score (nSPS) is 18.6. The summed E-state index contributed by atoms with van der Waals surface area (Å²) in [5.41, 5.74) is 1.43. The first-order valence-electron chi connectivity index (χ1n) is 6.84. The zero-order chi connectivity index (χ0) is 12.8. The quantitative estimate of drug-likeness (QED) is 0.836. The number of hydrogen-bond acceptors (Lipinski definition) is 3. The first kappa shape index (κ1) is 13.4. The van der Waals surface area contributed by atoms with Crippen LogP contribution < -0.4 is 15.4 Å². The van der Waals surface area contributed by atoms with Crippen molar-refractivity contribution in [2.45, 2.75) is 18.8 Å². The van der Waals surface area contributed by atoms with Crippen LogP contribution in [0.5, 0.6) is 5.75 Å². The minimum Gasteiger partial charge on any atom is -0.497 e. The Kier molecular flexibility index (Phi) is 5.02. The number of ether oxygens (including phenoxy) is 1. The molecule has 18 heavy (non-hydrogen) atoms. The van der Waals surface area contributed by atoms with Gasteiger partial charge < -0.3 is 15.4 Å². The van der Waals surface area contributed by atoms with Gasteiger partial charge in [0.1, 0.15) is 5.75 Å². The van der Waals surface area contributed by atoms with E-state index in [0.29, 0.717) is 5.92 Å². The van der Waals surface area contributed by atoms with Crippen molar-refractivity contribution in [2.24, 2.45) is 5.92 Å². The maximum absolute atomic E-state index is 5.23. The maximum atomic E-state index is 5.23. The van der Waals surface area contributed by atoms with Crippen LogP contribution in [0.25, 0.3) is 0 Å². The molecule has 0 radical (unpaired) electrons. The van der Waals surface area contributed by atoms with Crippen molar-refractivity contribution in [1.82, 2.24) is 10.6 Å². The second-order valence-electron chi connectivity index (χ2n) is 5.02. The molecule has 2 rings (SSSR count). The van der Waals surface area contributed by atoms with Crippen LogP contribution in [0.15, 0.2) is 24.3 Å². The maximum Gasteiger partial charge on any atom is 0.118 e. The van der Waals surface area contributed by atoms with E-state index in [9.17, 15) is 0 Å². The van der Waals surface area contributed by atoms with E-state index in [-0.39, 0.29) is 0 Å². The van der Waals surface area contributed by atoms with Gasteiger partial charge in [-0.3, -0.25) is 0 Å². The third-order valence-electron chi connectivity index (χ3n) is 3.92. The molecule has 1 aliphatic heterocycles. The van der Waals surface area contributed by atoms with E-state index >= 15 is 0 Å². The van der Waals surface area contributed by atoms with Gasteiger partial charge in [0.2, 0.25) is 0 Å². The first-order valence-corrected chi connectivity index (χ1v) is 6.84. The summed E-state index contributed by atoms with van der Waals surface area (Å²) in [6.07, 6.45) is 2.55. The molecule has 1 unspecified atom stereocenters. The number of piperidine rings is 1. The van der Waals surface area contributed by atoms with Gasteiger partial charge in [-0.1, -0.05) is 12.1 Å². The predicted molar refractivity (Wildman–Crippen MR) is 75.3 cm³/mol. The molecule has 3 nitrogen and oxygen atoms in total. The Hall–Kier alpha value is -1.06. The largest absolute Gasteiger partial charge is 0.497 e. The smallest absolute Gasteiger partial charge is 0.118 e. The molecule has 0 aliphatic carbocycles. The molecule has 2 N–H and O–H groups in total. The van der Waals surface area contributed by atoms with Crippen molar-refractivity contribution in [3.8, 4) is 5.75 Å². The van der Waals surface area contributed by atoms with Crippen molar-refractivity contribution < 1.29 is 4.74 Å². The van der Waals surface area contributed by atoms with E-state index in [1.54, 1.807) is 7.11 Å². The van der Waals surface area contributed by atoms with E-state index in [2.05, 4.69) is 34.9 Å². The van der Waals surface area contributed by atoms with Gasteiger partial charge in [0.25, 0.3) is 0 Å². The fourth-order valence-electron chi connectivity index (χ4n) is 2.87. The van der Waals surface area contributed by atoms with Crippen LogP contribution in [0, 0.1) is 5.92 Å². The summed E-state index contributed by atoms with van der Waals surface area (Å²) >= 11 is 0. The average molecular weight is 248 g/mol. The molecule has 1 aromatic carbocycles. The third-order valence-corrected chi connectivity index (χ3v) is 3.92. The molecule has 1 fully saturated rings. The van der Waals surface area contributed by atoms with Crippen molar-refractivity contribution >= 4 is 0 Å². The van der Waals surface area contributed by atoms with E-state index in [4.69, 9.17) is 4.74 Å².